The van der Waals surface area contributed by atoms with Crippen molar-refractivity contribution in [2.24, 2.45) is 0 Å². The lowest BCUT2D eigenvalue weighted by atomic mass is 10.2. The molecule has 0 aliphatic rings. The van der Waals surface area contributed by atoms with E-state index in [0.29, 0.717) is 25.8 Å². The minimum Gasteiger partial charge on any atom is -0.353 e. The molecular weight excluding hydrogens is 145 g/mol. The van der Waals surface area contributed by atoms with Gasteiger partial charge in [0.2, 0.25) is 5.91 Å². The van der Waals surface area contributed by atoms with Crippen molar-refractivity contribution in [3.8, 4) is 0 Å². The predicted octanol–water partition coefficient (Wildman–Crippen LogP) is 1.43. The molecule has 64 valence electrons. The summed E-state index contributed by atoms with van der Waals surface area (Å²) >= 11 is 0. The van der Waals surface area contributed by atoms with Gasteiger partial charge in [0, 0.05) is 13.0 Å². The molecule has 0 aromatic heterocycles. The van der Waals surface area contributed by atoms with Crippen molar-refractivity contribution < 1.29 is 9.18 Å². The van der Waals surface area contributed by atoms with Crippen LogP contribution in [0.5, 0.6) is 0 Å². The van der Waals surface area contributed by atoms with Gasteiger partial charge >= 0.3 is 0 Å². The largest absolute Gasteiger partial charge is 0.353 e. The number of carbonyl (C=O) groups is 1. The number of unbranched alkanes of at least 4 members (excludes halogenated alkanes) is 1. The van der Waals surface area contributed by atoms with Gasteiger partial charge in [-0.25, -0.2) is 0 Å². The van der Waals surface area contributed by atoms with Crippen LogP contribution < -0.4 is 5.32 Å². The maximum Gasteiger partial charge on any atom is 0.220 e. The molecule has 0 unspecified atom stereocenters. The average Bonchev–Trinajstić information content (AvgIpc) is 2.01. The van der Waals surface area contributed by atoms with Crippen LogP contribution in [0, 0.1) is 0 Å². The summed E-state index contributed by atoms with van der Waals surface area (Å²) in [6.07, 6.45) is 3.13. The zero-order valence-corrected chi connectivity index (χ0v) is 6.61. The van der Waals surface area contributed by atoms with Crippen LogP contribution in [0.4, 0.5) is 4.39 Å². The van der Waals surface area contributed by atoms with E-state index in [9.17, 15) is 9.18 Å². The summed E-state index contributed by atoms with van der Waals surface area (Å²) in [5.41, 5.74) is 0. The maximum absolute atomic E-state index is 11.5. The topological polar surface area (TPSA) is 29.1 Å². The second-order valence-electron chi connectivity index (χ2n) is 2.24. The zero-order chi connectivity index (χ0) is 8.53. The Labute approximate surface area is 66.5 Å². The summed E-state index contributed by atoms with van der Waals surface area (Å²) in [4.78, 5) is 10.8. The molecule has 0 fully saturated rings. The van der Waals surface area contributed by atoms with Crippen LogP contribution in [0.1, 0.15) is 19.3 Å². The number of amides is 1. The molecular formula is C8H14FNO. The lowest BCUT2D eigenvalue weighted by molar-refractivity contribution is -0.121. The molecule has 0 saturated carbocycles. The van der Waals surface area contributed by atoms with Crippen molar-refractivity contribution in [1.29, 1.82) is 0 Å². The molecule has 2 nitrogen and oxygen atoms in total. The van der Waals surface area contributed by atoms with Crippen molar-refractivity contribution in [1.82, 2.24) is 5.32 Å². The van der Waals surface area contributed by atoms with Crippen molar-refractivity contribution in [3.63, 3.8) is 0 Å². The molecule has 11 heavy (non-hydrogen) atoms. The molecule has 0 saturated heterocycles. The Bertz CT molecular complexity index is 125. The van der Waals surface area contributed by atoms with Gasteiger partial charge in [-0.1, -0.05) is 6.08 Å². The molecule has 0 bridgehead atoms. The Morgan fingerprint density at radius 3 is 2.82 bits per heavy atom. The first-order chi connectivity index (χ1) is 5.31. The van der Waals surface area contributed by atoms with E-state index in [4.69, 9.17) is 0 Å². The molecule has 1 N–H and O–H groups in total. The van der Waals surface area contributed by atoms with Gasteiger partial charge in [-0.05, 0) is 12.8 Å². The Morgan fingerprint density at radius 1 is 1.55 bits per heavy atom. The molecule has 0 aliphatic heterocycles. The SMILES string of the molecule is C=CCNC(=O)CCCCF. The lowest BCUT2D eigenvalue weighted by Gasteiger charge is -1.99. The molecule has 0 heterocycles. The van der Waals surface area contributed by atoms with Crippen LogP contribution in [-0.4, -0.2) is 19.1 Å². The predicted molar refractivity (Wildman–Crippen MR) is 43.0 cm³/mol. The fourth-order valence-electron chi connectivity index (χ4n) is 0.654. The molecule has 0 aromatic rings. The van der Waals surface area contributed by atoms with E-state index in [1.807, 2.05) is 0 Å². The number of rotatable bonds is 6. The number of hydrogen-bond donors (Lipinski definition) is 1. The Kier molecular flexibility index (Phi) is 6.68. The van der Waals surface area contributed by atoms with Crippen LogP contribution in [-0.2, 0) is 4.79 Å². The van der Waals surface area contributed by atoms with Gasteiger partial charge < -0.3 is 5.32 Å². The average molecular weight is 159 g/mol. The molecule has 0 atom stereocenters. The second-order valence-corrected chi connectivity index (χ2v) is 2.24. The number of carbonyl (C=O) groups excluding carboxylic acids is 1. The summed E-state index contributed by atoms with van der Waals surface area (Å²) in [7, 11) is 0. The van der Waals surface area contributed by atoms with Gasteiger partial charge in [0.25, 0.3) is 0 Å². The lowest BCUT2D eigenvalue weighted by Crippen LogP contribution is -2.22. The van der Waals surface area contributed by atoms with Crippen molar-refractivity contribution in [3.05, 3.63) is 12.7 Å². The third kappa shape index (κ3) is 7.03. The smallest absolute Gasteiger partial charge is 0.220 e. The van der Waals surface area contributed by atoms with E-state index in [-0.39, 0.29) is 12.6 Å². The van der Waals surface area contributed by atoms with Gasteiger partial charge in [-0.15, -0.1) is 6.58 Å². The van der Waals surface area contributed by atoms with Crippen molar-refractivity contribution in [2.75, 3.05) is 13.2 Å². The first-order valence-electron chi connectivity index (χ1n) is 3.74. The zero-order valence-electron chi connectivity index (χ0n) is 6.61. The number of hydrogen-bond acceptors (Lipinski definition) is 1. The summed E-state index contributed by atoms with van der Waals surface area (Å²) in [6, 6.07) is 0. The van der Waals surface area contributed by atoms with Crippen molar-refractivity contribution >= 4 is 5.91 Å². The summed E-state index contributed by atoms with van der Waals surface area (Å²) < 4.78 is 11.5. The Hall–Kier alpha value is -0.860. The van der Waals surface area contributed by atoms with E-state index in [1.54, 1.807) is 6.08 Å². The normalized spacial score (nSPS) is 9.18. The minimum atomic E-state index is -0.339. The number of alkyl halides is 1. The van der Waals surface area contributed by atoms with Gasteiger partial charge in [-0.3, -0.25) is 9.18 Å². The quantitative estimate of drug-likeness (QED) is 0.461. The molecule has 1 amide bonds. The highest BCUT2D eigenvalue weighted by atomic mass is 19.1. The highest BCUT2D eigenvalue weighted by Gasteiger charge is 1.97. The van der Waals surface area contributed by atoms with E-state index < -0.39 is 0 Å². The minimum absolute atomic E-state index is 0.0293. The third-order valence-electron chi connectivity index (χ3n) is 1.23. The summed E-state index contributed by atoms with van der Waals surface area (Å²) in [6.45, 7) is 3.61. The Morgan fingerprint density at radius 2 is 2.27 bits per heavy atom. The number of nitrogens with one attached hydrogen (secondary N) is 1. The third-order valence-corrected chi connectivity index (χ3v) is 1.23. The fraction of sp³-hybridized carbons (Fsp3) is 0.625. The Balaban J connectivity index is 3.15. The van der Waals surface area contributed by atoms with E-state index >= 15 is 0 Å². The van der Waals surface area contributed by atoms with E-state index in [1.165, 1.54) is 0 Å². The molecule has 0 spiro atoms. The van der Waals surface area contributed by atoms with Gasteiger partial charge in [0.05, 0.1) is 6.67 Å². The molecule has 0 aromatic carbocycles. The number of halogens is 1. The van der Waals surface area contributed by atoms with Gasteiger partial charge in [-0.2, -0.15) is 0 Å². The van der Waals surface area contributed by atoms with Gasteiger partial charge in [0.1, 0.15) is 0 Å². The highest BCUT2D eigenvalue weighted by molar-refractivity contribution is 5.75. The van der Waals surface area contributed by atoms with Crippen LogP contribution in [0.25, 0.3) is 0 Å². The van der Waals surface area contributed by atoms with Crippen LogP contribution in [0.2, 0.25) is 0 Å². The van der Waals surface area contributed by atoms with Crippen LogP contribution in [0.15, 0.2) is 12.7 Å². The monoisotopic (exact) mass is 159 g/mol. The molecule has 0 rings (SSSR count). The second kappa shape index (κ2) is 7.25. The first-order valence-corrected chi connectivity index (χ1v) is 3.74. The van der Waals surface area contributed by atoms with Gasteiger partial charge in [0.15, 0.2) is 0 Å². The maximum atomic E-state index is 11.5. The van der Waals surface area contributed by atoms with Crippen LogP contribution in [0.3, 0.4) is 0 Å². The van der Waals surface area contributed by atoms with E-state index in [0.717, 1.165) is 0 Å². The van der Waals surface area contributed by atoms with Crippen LogP contribution >= 0.6 is 0 Å². The van der Waals surface area contributed by atoms with Crippen molar-refractivity contribution in [2.45, 2.75) is 19.3 Å². The molecule has 0 radical (unpaired) electrons. The summed E-state index contributed by atoms with van der Waals surface area (Å²) in [5.74, 6) is -0.0293. The standard InChI is InChI=1S/C8H14FNO/c1-2-7-10-8(11)5-3-4-6-9/h2H,1,3-7H2,(H,10,11). The van der Waals surface area contributed by atoms with E-state index in [2.05, 4.69) is 11.9 Å². The summed E-state index contributed by atoms with van der Waals surface area (Å²) in [5, 5.41) is 2.61. The molecule has 0 aliphatic carbocycles. The molecule has 3 heteroatoms. The highest BCUT2D eigenvalue weighted by Crippen LogP contribution is 1.94. The fourth-order valence-corrected chi connectivity index (χ4v) is 0.654. The first kappa shape index (κ1) is 10.1.